The Bertz CT molecular complexity index is 1010. The molecular weight excluding hydrogens is 384 g/mol. The number of nitrogens with zero attached hydrogens (tertiary/aromatic N) is 1. The van der Waals surface area contributed by atoms with Crippen molar-refractivity contribution in [1.29, 1.82) is 0 Å². The third-order valence-electron chi connectivity index (χ3n) is 4.59. The summed E-state index contributed by atoms with van der Waals surface area (Å²) >= 11 is 0. The lowest BCUT2D eigenvalue weighted by molar-refractivity contribution is -0.128. The summed E-state index contributed by atoms with van der Waals surface area (Å²) in [6, 6.07) is 12.3. The monoisotopic (exact) mass is 404 g/mol. The van der Waals surface area contributed by atoms with Gasteiger partial charge in [-0.05, 0) is 29.8 Å². The number of carbonyl (C=O) groups excluding carboxylic acids is 1. The van der Waals surface area contributed by atoms with Gasteiger partial charge in [0.1, 0.15) is 5.75 Å². The van der Waals surface area contributed by atoms with Crippen molar-refractivity contribution in [2.45, 2.75) is 19.1 Å². The maximum absolute atomic E-state index is 12.7. The molecule has 4 rings (SSSR count). The molecule has 2 aliphatic heterocycles. The van der Waals surface area contributed by atoms with Crippen LogP contribution in [-0.4, -0.2) is 40.0 Å². The Morgan fingerprint density at radius 2 is 1.93 bits per heavy atom. The zero-order chi connectivity index (χ0) is 19.7. The Morgan fingerprint density at radius 3 is 2.75 bits per heavy atom. The molecule has 0 radical (unpaired) electrons. The van der Waals surface area contributed by atoms with Crippen molar-refractivity contribution >= 4 is 21.6 Å². The van der Waals surface area contributed by atoms with E-state index in [0.717, 1.165) is 11.8 Å². The first-order valence-electron chi connectivity index (χ1n) is 8.81. The summed E-state index contributed by atoms with van der Waals surface area (Å²) in [5, 5.41) is 2.84. The zero-order valence-electron chi connectivity index (χ0n) is 15.3. The maximum atomic E-state index is 12.7. The van der Waals surface area contributed by atoms with Crippen LogP contribution in [-0.2, 0) is 21.4 Å². The minimum Gasteiger partial charge on any atom is -0.478 e. The van der Waals surface area contributed by atoms with Gasteiger partial charge in [-0.25, -0.2) is 8.42 Å². The Hall–Kier alpha value is -2.94. The predicted molar refractivity (Wildman–Crippen MR) is 102 cm³/mol. The summed E-state index contributed by atoms with van der Waals surface area (Å²) in [6.45, 7) is 0.655. The highest BCUT2D eigenvalue weighted by Crippen LogP contribution is 2.34. The topological polar surface area (TPSA) is 94.2 Å². The highest BCUT2D eigenvalue weighted by atomic mass is 32.2. The molecule has 1 atom stereocenters. The number of anilines is 1. The van der Waals surface area contributed by atoms with E-state index >= 15 is 0 Å². The first-order chi connectivity index (χ1) is 13.4. The lowest BCUT2D eigenvalue weighted by Gasteiger charge is -2.20. The summed E-state index contributed by atoms with van der Waals surface area (Å²) in [7, 11) is -3.48. The first-order valence-corrected chi connectivity index (χ1v) is 10.7. The summed E-state index contributed by atoms with van der Waals surface area (Å²) in [4.78, 5) is 12.7. The van der Waals surface area contributed by atoms with E-state index < -0.39 is 16.1 Å². The normalized spacial score (nSPS) is 18.0. The molecule has 0 fully saturated rings. The molecular formula is C19H20N2O6S. The van der Waals surface area contributed by atoms with Crippen LogP contribution in [0.3, 0.4) is 0 Å². The second-order valence-electron chi connectivity index (χ2n) is 6.60. The fourth-order valence-corrected chi connectivity index (χ4v) is 4.16. The Labute approximate surface area is 163 Å². The zero-order valence-corrected chi connectivity index (χ0v) is 16.1. The number of nitrogens with one attached hydrogen (secondary N) is 1. The van der Waals surface area contributed by atoms with E-state index in [1.807, 2.05) is 12.1 Å². The van der Waals surface area contributed by atoms with E-state index in [4.69, 9.17) is 14.2 Å². The summed E-state index contributed by atoms with van der Waals surface area (Å²) in [6.07, 6.45) is 0.598. The van der Waals surface area contributed by atoms with Gasteiger partial charge in [0.05, 0.1) is 11.9 Å². The molecule has 8 nitrogen and oxygen atoms in total. The van der Waals surface area contributed by atoms with Gasteiger partial charge in [-0.2, -0.15) is 0 Å². The van der Waals surface area contributed by atoms with Crippen molar-refractivity contribution in [3.05, 3.63) is 48.0 Å². The van der Waals surface area contributed by atoms with Crippen molar-refractivity contribution in [2.24, 2.45) is 0 Å². The SMILES string of the molecule is CS(=O)(=O)N1CC[C@@H](C(=O)NCc2ccc3c(c2)OCO3)Oc2ccccc21. The van der Waals surface area contributed by atoms with E-state index in [-0.39, 0.29) is 25.7 Å². The molecule has 0 unspecified atom stereocenters. The molecule has 2 aromatic carbocycles. The van der Waals surface area contributed by atoms with Gasteiger partial charge in [-0.3, -0.25) is 9.10 Å². The van der Waals surface area contributed by atoms with Crippen molar-refractivity contribution in [3.63, 3.8) is 0 Å². The number of hydrogen-bond acceptors (Lipinski definition) is 6. The van der Waals surface area contributed by atoms with Crippen LogP contribution in [0.5, 0.6) is 17.2 Å². The van der Waals surface area contributed by atoms with Gasteiger partial charge in [0.25, 0.3) is 5.91 Å². The number of sulfonamides is 1. The largest absolute Gasteiger partial charge is 0.478 e. The molecule has 0 aliphatic carbocycles. The molecule has 28 heavy (non-hydrogen) atoms. The van der Waals surface area contributed by atoms with E-state index in [0.29, 0.717) is 29.5 Å². The molecule has 9 heteroatoms. The average molecular weight is 404 g/mol. The van der Waals surface area contributed by atoms with Gasteiger partial charge in [0.2, 0.25) is 16.8 Å². The molecule has 0 saturated carbocycles. The summed E-state index contributed by atoms with van der Waals surface area (Å²) in [5.41, 5.74) is 1.31. The number of hydrogen-bond donors (Lipinski definition) is 1. The molecule has 2 aromatic rings. The molecule has 2 heterocycles. The molecule has 1 N–H and O–H groups in total. The number of ether oxygens (including phenoxy) is 3. The van der Waals surface area contributed by atoms with Gasteiger partial charge >= 0.3 is 0 Å². The van der Waals surface area contributed by atoms with E-state index in [9.17, 15) is 13.2 Å². The Balaban J connectivity index is 1.47. The van der Waals surface area contributed by atoms with Gasteiger partial charge in [0.15, 0.2) is 17.6 Å². The molecule has 0 spiro atoms. The lowest BCUT2D eigenvalue weighted by atomic mass is 10.2. The van der Waals surface area contributed by atoms with Crippen LogP contribution >= 0.6 is 0 Å². The summed E-state index contributed by atoms with van der Waals surface area (Å²) in [5.74, 6) is 1.39. The Morgan fingerprint density at radius 1 is 1.14 bits per heavy atom. The molecule has 148 valence electrons. The van der Waals surface area contributed by atoms with Crippen LogP contribution in [0.2, 0.25) is 0 Å². The van der Waals surface area contributed by atoms with Crippen LogP contribution in [0.4, 0.5) is 5.69 Å². The van der Waals surface area contributed by atoms with Crippen molar-refractivity contribution in [2.75, 3.05) is 23.9 Å². The lowest BCUT2D eigenvalue weighted by Crippen LogP contribution is -2.39. The van der Waals surface area contributed by atoms with Crippen LogP contribution in [0.1, 0.15) is 12.0 Å². The van der Waals surface area contributed by atoms with Crippen LogP contribution in [0.15, 0.2) is 42.5 Å². The molecule has 0 aromatic heterocycles. The smallest absolute Gasteiger partial charge is 0.261 e. The average Bonchev–Trinajstić information content (AvgIpc) is 3.03. The minimum atomic E-state index is -3.48. The first kappa shape index (κ1) is 18.4. The predicted octanol–water partition coefficient (Wildman–Crippen LogP) is 1.65. The van der Waals surface area contributed by atoms with Crippen LogP contribution in [0, 0.1) is 0 Å². The van der Waals surface area contributed by atoms with E-state index in [2.05, 4.69) is 5.32 Å². The second kappa shape index (κ2) is 7.23. The van der Waals surface area contributed by atoms with Gasteiger partial charge in [0, 0.05) is 19.5 Å². The quantitative estimate of drug-likeness (QED) is 0.833. The van der Waals surface area contributed by atoms with Gasteiger partial charge < -0.3 is 19.5 Å². The highest BCUT2D eigenvalue weighted by Gasteiger charge is 2.30. The number of carbonyl (C=O) groups is 1. The summed E-state index contributed by atoms with van der Waals surface area (Å²) < 4.78 is 42.0. The third kappa shape index (κ3) is 3.70. The van der Waals surface area contributed by atoms with Gasteiger partial charge in [-0.1, -0.05) is 18.2 Å². The molecule has 0 saturated heterocycles. The highest BCUT2D eigenvalue weighted by molar-refractivity contribution is 7.92. The van der Waals surface area contributed by atoms with Crippen LogP contribution in [0.25, 0.3) is 0 Å². The number of fused-ring (bicyclic) bond motifs is 2. The molecule has 1 amide bonds. The van der Waals surface area contributed by atoms with Crippen LogP contribution < -0.4 is 23.8 Å². The van der Waals surface area contributed by atoms with Crippen molar-refractivity contribution < 1.29 is 27.4 Å². The minimum absolute atomic E-state index is 0.165. The fraction of sp³-hybridized carbons (Fsp3) is 0.316. The fourth-order valence-electron chi connectivity index (χ4n) is 3.21. The molecule has 2 aliphatic rings. The molecule has 0 bridgehead atoms. The Kier molecular flexibility index (Phi) is 4.76. The van der Waals surface area contributed by atoms with E-state index in [1.165, 1.54) is 4.31 Å². The standard InChI is InChI=1S/C19H20N2O6S/c1-28(23,24)21-9-8-17(27-15-5-3-2-4-14(15)21)19(22)20-11-13-6-7-16-18(10-13)26-12-25-16/h2-7,10,17H,8-9,11-12H2,1H3,(H,20,22)/t17-/m0/s1. The van der Waals surface area contributed by atoms with Crippen molar-refractivity contribution in [3.8, 4) is 17.2 Å². The number of benzene rings is 2. The maximum Gasteiger partial charge on any atom is 0.261 e. The van der Waals surface area contributed by atoms with E-state index in [1.54, 1.807) is 30.3 Å². The second-order valence-corrected chi connectivity index (χ2v) is 8.51. The van der Waals surface area contributed by atoms with Gasteiger partial charge in [-0.15, -0.1) is 0 Å². The number of amides is 1. The third-order valence-corrected chi connectivity index (χ3v) is 5.77. The number of para-hydroxylation sites is 2. The van der Waals surface area contributed by atoms with Crippen molar-refractivity contribution in [1.82, 2.24) is 5.32 Å². The number of rotatable bonds is 4.